The van der Waals surface area contributed by atoms with Gasteiger partial charge in [-0.25, -0.2) is 0 Å². The van der Waals surface area contributed by atoms with Crippen molar-refractivity contribution in [3.8, 4) is 0 Å². The van der Waals surface area contributed by atoms with E-state index in [0.29, 0.717) is 24.4 Å². The summed E-state index contributed by atoms with van der Waals surface area (Å²) in [7, 11) is 0. The molecule has 0 atom stereocenters. The summed E-state index contributed by atoms with van der Waals surface area (Å²) in [4.78, 5) is 11.7. The van der Waals surface area contributed by atoms with E-state index in [1.54, 1.807) is 18.2 Å². The Balaban J connectivity index is 2.41. The zero-order chi connectivity index (χ0) is 12.7. The van der Waals surface area contributed by atoms with E-state index in [9.17, 15) is 4.79 Å². The van der Waals surface area contributed by atoms with Gasteiger partial charge in [0.1, 0.15) is 0 Å². The maximum absolute atomic E-state index is 11.7. The lowest BCUT2D eigenvalue weighted by atomic mass is 10.1. The molecule has 0 radical (unpaired) electrons. The van der Waals surface area contributed by atoms with Crippen LogP contribution in [0.2, 0.25) is 0 Å². The maximum Gasteiger partial charge on any atom is 0.251 e. The van der Waals surface area contributed by atoms with Crippen molar-refractivity contribution in [3.63, 3.8) is 0 Å². The molecule has 17 heavy (non-hydrogen) atoms. The quantitative estimate of drug-likeness (QED) is 0.492. The number of hydrogen-bond acceptors (Lipinski definition) is 4. The molecular weight excluding hydrogens is 220 g/mol. The number of aliphatic hydroxyl groups excluding tert-OH is 1. The molecule has 5 nitrogen and oxygen atoms in total. The Morgan fingerprint density at radius 3 is 2.82 bits per heavy atom. The van der Waals surface area contributed by atoms with Gasteiger partial charge in [-0.2, -0.15) is 0 Å². The fourth-order valence-corrected chi connectivity index (χ4v) is 1.45. The summed E-state index contributed by atoms with van der Waals surface area (Å²) in [6.45, 7) is 2.95. The van der Waals surface area contributed by atoms with E-state index >= 15 is 0 Å². The first-order chi connectivity index (χ1) is 8.13. The lowest BCUT2D eigenvalue weighted by Gasteiger charge is -2.07. The van der Waals surface area contributed by atoms with Crippen molar-refractivity contribution in [1.29, 1.82) is 0 Å². The number of hydrogen-bond donors (Lipinski definition) is 3. The van der Waals surface area contributed by atoms with Gasteiger partial charge >= 0.3 is 0 Å². The van der Waals surface area contributed by atoms with Crippen LogP contribution in [0.4, 0.5) is 5.69 Å². The Morgan fingerprint density at radius 1 is 1.41 bits per heavy atom. The number of nitrogen functional groups attached to an aromatic ring is 1. The van der Waals surface area contributed by atoms with E-state index in [0.717, 1.165) is 5.56 Å². The van der Waals surface area contributed by atoms with E-state index in [1.165, 1.54) is 0 Å². The molecule has 0 aliphatic carbocycles. The number of carbonyl (C=O) groups is 1. The normalized spacial score (nSPS) is 10.2. The first-order valence-electron chi connectivity index (χ1n) is 5.47. The highest BCUT2D eigenvalue weighted by atomic mass is 16.5. The number of nitrogens with one attached hydrogen (secondary N) is 1. The second kappa shape index (κ2) is 6.88. The molecule has 0 spiro atoms. The van der Waals surface area contributed by atoms with Gasteiger partial charge in [0.15, 0.2) is 0 Å². The Labute approximate surface area is 101 Å². The second-order valence-corrected chi connectivity index (χ2v) is 3.72. The van der Waals surface area contributed by atoms with E-state index in [2.05, 4.69) is 5.32 Å². The van der Waals surface area contributed by atoms with Crippen LogP contribution >= 0.6 is 0 Å². The molecule has 0 heterocycles. The first kappa shape index (κ1) is 13.5. The lowest BCUT2D eigenvalue weighted by molar-refractivity contribution is 0.0838. The van der Waals surface area contributed by atoms with Crippen molar-refractivity contribution >= 4 is 11.6 Å². The average molecular weight is 238 g/mol. The van der Waals surface area contributed by atoms with Crippen LogP contribution in [0.15, 0.2) is 18.2 Å². The zero-order valence-electron chi connectivity index (χ0n) is 9.90. The van der Waals surface area contributed by atoms with E-state index in [-0.39, 0.29) is 19.1 Å². The van der Waals surface area contributed by atoms with Crippen LogP contribution in [-0.4, -0.2) is 37.4 Å². The van der Waals surface area contributed by atoms with Crippen molar-refractivity contribution in [2.75, 3.05) is 32.1 Å². The van der Waals surface area contributed by atoms with Gasteiger partial charge in [-0.3, -0.25) is 4.79 Å². The third-order valence-electron chi connectivity index (χ3n) is 2.13. The van der Waals surface area contributed by atoms with Gasteiger partial charge in [0.2, 0.25) is 0 Å². The summed E-state index contributed by atoms with van der Waals surface area (Å²) in [5.41, 5.74) is 7.73. The van der Waals surface area contributed by atoms with Gasteiger partial charge in [-0.05, 0) is 30.7 Å². The van der Waals surface area contributed by atoms with Gasteiger partial charge in [0, 0.05) is 17.8 Å². The monoisotopic (exact) mass is 238 g/mol. The minimum Gasteiger partial charge on any atom is -0.399 e. The number of amides is 1. The van der Waals surface area contributed by atoms with Gasteiger partial charge in [-0.15, -0.1) is 0 Å². The van der Waals surface area contributed by atoms with Crippen molar-refractivity contribution in [2.24, 2.45) is 0 Å². The Morgan fingerprint density at radius 2 is 2.18 bits per heavy atom. The highest BCUT2D eigenvalue weighted by molar-refractivity contribution is 5.95. The summed E-state index contributed by atoms with van der Waals surface area (Å²) in [5, 5.41) is 11.2. The molecule has 5 heteroatoms. The first-order valence-corrected chi connectivity index (χ1v) is 5.47. The molecule has 0 bridgehead atoms. The number of aliphatic hydroxyl groups is 1. The molecule has 1 aromatic rings. The maximum atomic E-state index is 11.7. The molecule has 94 valence electrons. The number of anilines is 1. The Bertz CT molecular complexity index is 360. The van der Waals surface area contributed by atoms with Crippen molar-refractivity contribution in [3.05, 3.63) is 29.3 Å². The second-order valence-electron chi connectivity index (χ2n) is 3.72. The molecule has 0 saturated carbocycles. The number of carbonyl (C=O) groups excluding carboxylic acids is 1. The summed E-state index contributed by atoms with van der Waals surface area (Å²) in [6, 6.07) is 5.22. The number of rotatable bonds is 6. The zero-order valence-corrected chi connectivity index (χ0v) is 9.90. The van der Waals surface area contributed by atoms with Crippen LogP contribution in [0, 0.1) is 6.92 Å². The number of benzene rings is 1. The molecule has 4 N–H and O–H groups in total. The van der Waals surface area contributed by atoms with Crippen LogP contribution in [0.1, 0.15) is 15.9 Å². The lowest BCUT2D eigenvalue weighted by Crippen LogP contribution is -2.27. The van der Waals surface area contributed by atoms with E-state index < -0.39 is 0 Å². The van der Waals surface area contributed by atoms with Crippen LogP contribution < -0.4 is 11.1 Å². The molecular formula is C12H18N2O3. The number of nitrogens with two attached hydrogens (primary N) is 1. The highest BCUT2D eigenvalue weighted by Crippen LogP contribution is 2.10. The van der Waals surface area contributed by atoms with Gasteiger partial charge < -0.3 is 20.9 Å². The van der Waals surface area contributed by atoms with Crippen molar-refractivity contribution in [1.82, 2.24) is 5.32 Å². The van der Waals surface area contributed by atoms with Crippen LogP contribution in [0.25, 0.3) is 0 Å². The minimum atomic E-state index is -0.173. The highest BCUT2D eigenvalue weighted by Gasteiger charge is 2.05. The van der Waals surface area contributed by atoms with Crippen LogP contribution in [-0.2, 0) is 4.74 Å². The molecule has 0 aromatic heterocycles. The summed E-state index contributed by atoms with van der Waals surface area (Å²) >= 11 is 0. The van der Waals surface area contributed by atoms with Crippen LogP contribution in [0.3, 0.4) is 0 Å². The Hall–Kier alpha value is -1.59. The van der Waals surface area contributed by atoms with E-state index in [1.807, 2.05) is 6.92 Å². The fourth-order valence-electron chi connectivity index (χ4n) is 1.45. The third-order valence-corrected chi connectivity index (χ3v) is 2.13. The molecule has 1 aromatic carbocycles. The Kier molecular flexibility index (Phi) is 5.45. The topological polar surface area (TPSA) is 84.6 Å². The summed E-state index contributed by atoms with van der Waals surface area (Å²) in [6.07, 6.45) is 0. The molecule has 1 rings (SSSR count). The number of aryl methyl sites for hydroxylation is 1. The fraction of sp³-hybridized carbons (Fsp3) is 0.417. The molecule has 0 saturated heterocycles. The van der Waals surface area contributed by atoms with Crippen molar-refractivity contribution in [2.45, 2.75) is 6.92 Å². The third kappa shape index (κ3) is 4.84. The van der Waals surface area contributed by atoms with Gasteiger partial charge in [-0.1, -0.05) is 0 Å². The average Bonchev–Trinajstić information content (AvgIpc) is 2.27. The predicted octanol–water partition coefficient (Wildman–Crippen LogP) is 0.316. The molecule has 0 aliphatic heterocycles. The summed E-state index contributed by atoms with van der Waals surface area (Å²) in [5.74, 6) is -0.173. The van der Waals surface area contributed by atoms with Gasteiger partial charge in [0.05, 0.1) is 19.8 Å². The van der Waals surface area contributed by atoms with Crippen LogP contribution in [0.5, 0.6) is 0 Å². The van der Waals surface area contributed by atoms with E-state index in [4.69, 9.17) is 15.6 Å². The molecule has 0 unspecified atom stereocenters. The molecule has 0 aliphatic rings. The van der Waals surface area contributed by atoms with Crippen molar-refractivity contribution < 1.29 is 14.6 Å². The summed E-state index contributed by atoms with van der Waals surface area (Å²) < 4.78 is 5.03. The number of ether oxygens (including phenoxy) is 1. The predicted molar refractivity (Wildman–Crippen MR) is 65.8 cm³/mol. The minimum absolute atomic E-state index is 0.0115. The largest absolute Gasteiger partial charge is 0.399 e. The standard InChI is InChI=1S/C12H18N2O3/c1-9-6-10(8-11(13)7-9)12(16)14-2-4-17-5-3-15/h6-8,15H,2-5,13H2,1H3,(H,14,16). The van der Waals surface area contributed by atoms with Gasteiger partial charge in [0.25, 0.3) is 5.91 Å². The SMILES string of the molecule is Cc1cc(N)cc(C(=O)NCCOCCO)c1. The smallest absolute Gasteiger partial charge is 0.251 e. The molecule has 1 amide bonds. The molecule has 0 fully saturated rings.